The van der Waals surface area contributed by atoms with Gasteiger partial charge in [0.1, 0.15) is 0 Å². The Morgan fingerprint density at radius 1 is 1.25 bits per heavy atom. The topological polar surface area (TPSA) is 30.0 Å². The number of hydrogen-bond acceptors (Lipinski definition) is 2. The third-order valence-electron chi connectivity index (χ3n) is 2.77. The van der Waals surface area contributed by atoms with Crippen molar-refractivity contribution >= 4 is 16.7 Å². The molecular formula is C14H15NO. The van der Waals surface area contributed by atoms with Crippen LogP contribution in [-0.2, 0) is 0 Å². The van der Waals surface area contributed by atoms with Gasteiger partial charge in [0.25, 0.3) is 0 Å². The molecule has 2 heteroatoms. The highest BCUT2D eigenvalue weighted by atomic mass is 16.1. The molecule has 1 aromatic heterocycles. The largest absolute Gasteiger partial charge is 0.294 e. The minimum Gasteiger partial charge on any atom is -0.294 e. The molecule has 0 aliphatic heterocycles. The van der Waals surface area contributed by atoms with Gasteiger partial charge in [0, 0.05) is 23.1 Å². The van der Waals surface area contributed by atoms with E-state index in [0.29, 0.717) is 0 Å². The van der Waals surface area contributed by atoms with E-state index in [2.05, 4.69) is 4.98 Å². The molecule has 82 valence electrons. The van der Waals surface area contributed by atoms with E-state index >= 15 is 0 Å². The number of hydrogen-bond donors (Lipinski definition) is 0. The molecule has 0 radical (unpaired) electrons. The summed E-state index contributed by atoms with van der Waals surface area (Å²) in [6.45, 7) is 5.87. The van der Waals surface area contributed by atoms with Crippen molar-refractivity contribution < 1.29 is 4.79 Å². The minimum atomic E-state index is 0.0365. The van der Waals surface area contributed by atoms with Crippen molar-refractivity contribution in [3.05, 3.63) is 41.6 Å². The lowest BCUT2D eigenvalue weighted by molar-refractivity contribution is 0.0939. The van der Waals surface area contributed by atoms with Crippen LogP contribution in [0.2, 0.25) is 0 Å². The van der Waals surface area contributed by atoms with Crippen LogP contribution in [0.5, 0.6) is 0 Å². The Balaban J connectivity index is 2.59. The maximum absolute atomic E-state index is 11.9. The molecule has 0 fully saturated rings. The van der Waals surface area contributed by atoms with E-state index in [4.69, 9.17) is 0 Å². The predicted molar refractivity (Wildman–Crippen MR) is 65.6 cm³/mol. The maximum atomic E-state index is 11.9. The summed E-state index contributed by atoms with van der Waals surface area (Å²) in [6, 6.07) is 7.68. The van der Waals surface area contributed by atoms with Crippen molar-refractivity contribution in [1.29, 1.82) is 0 Å². The van der Waals surface area contributed by atoms with Crippen LogP contribution < -0.4 is 0 Å². The second-order valence-corrected chi connectivity index (χ2v) is 4.38. The molecule has 0 unspecified atom stereocenters. The zero-order chi connectivity index (χ0) is 11.7. The monoisotopic (exact) mass is 213 g/mol. The SMILES string of the molecule is Cc1ccnc2ccc(C(=O)C(C)C)cc12. The molecule has 2 rings (SSSR count). The number of aryl methyl sites for hydroxylation is 1. The first-order valence-corrected chi connectivity index (χ1v) is 5.49. The first kappa shape index (κ1) is 10.8. The number of ketones is 1. The Morgan fingerprint density at radius 3 is 2.69 bits per heavy atom. The van der Waals surface area contributed by atoms with Gasteiger partial charge in [-0.1, -0.05) is 13.8 Å². The molecule has 0 atom stereocenters. The van der Waals surface area contributed by atoms with Gasteiger partial charge in [0.15, 0.2) is 5.78 Å². The molecule has 16 heavy (non-hydrogen) atoms. The number of aromatic nitrogens is 1. The van der Waals surface area contributed by atoms with E-state index in [1.807, 2.05) is 45.0 Å². The van der Waals surface area contributed by atoms with Crippen LogP contribution in [0.1, 0.15) is 29.8 Å². The van der Waals surface area contributed by atoms with Crippen LogP contribution in [-0.4, -0.2) is 10.8 Å². The number of fused-ring (bicyclic) bond motifs is 1. The molecule has 0 saturated heterocycles. The summed E-state index contributed by atoms with van der Waals surface area (Å²) in [5, 5.41) is 1.06. The zero-order valence-electron chi connectivity index (χ0n) is 9.82. The van der Waals surface area contributed by atoms with Crippen LogP contribution in [0.3, 0.4) is 0 Å². The average Bonchev–Trinajstić information content (AvgIpc) is 2.28. The van der Waals surface area contributed by atoms with Crippen molar-refractivity contribution in [2.75, 3.05) is 0 Å². The Labute approximate surface area is 95.3 Å². The number of rotatable bonds is 2. The van der Waals surface area contributed by atoms with Crippen LogP contribution in [0.15, 0.2) is 30.5 Å². The number of benzene rings is 1. The molecule has 0 aliphatic rings. The smallest absolute Gasteiger partial charge is 0.165 e. The van der Waals surface area contributed by atoms with Gasteiger partial charge in [-0.05, 0) is 36.8 Å². The molecule has 0 bridgehead atoms. The summed E-state index contributed by atoms with van der Waals surface area (Å²) in [5.74, 6) is 0.222. The third kappa shape index (κ3) is 1.83. The normalized spacial score (nSPS) is 11.0. The lowest BCUT2D eigenvalue weighted by atomic mass is 9.98. The summed E-state index contributed by atoms with van der Waals surface area (Å²) in [7, 11) is 0. The molecule has 1 heterocycles. The maximum Gasteiger partial charge on any atom is 0.165 e. The lowest BCUT2D eigenvalue weighted by Crippen LogP contribution is -2.07. The van der Waals surface area contributed by atoms with E-state index in [1.165, 1.54) is 0 Å². The van der Waals surface area contributed by atoms with E-state index < -0.39 is 0 Å². The van der Waals surface area contributed by atoms with Gasteiger partial charge < -0.3 is 0 Å². The molecule has 2 nitrogen and oxygen atoms in total. The molecule has 2 aromatic rings. The first-order valence-electron chi connectivity index (χ1n) is 5.49. The summed E-state index contributed by atoms with van der Waals surface area (Å²) >= 11 is 0. The predicted octanol–water partition coefficient (Wildman–Crippen LogP) is 3.38. The van der Waals surface area contributed by atoms with Crippen molar-refractivity contribution in [3.63, 3.8) is 0 Å². The van der Waals surface area contributed by atoms with Crippen LogP contribution in [0.25, 0.3) is 10.9 Å². The number of nitrogens with zero attached hydrogens (tertiary/aromatic N) is 1. The molecular weight excluding hydrogens is 198 g/mol. The van der Waals surface area contributed by atoms with Gasteiger partial charge in [-0.15, -0.1) is 0 Å². The van der Waals surface area contributed by atoms with Crippen LogP contribution in [0, 0.1) is 12.8 Å². The minimum absolute atomic E-state index is 0.0365. The first-order chi connectivity index (χ1) is 7.59. The highest BCUT2D eigenvalue weighted by molar-refractivity contribution is 6.00. The van der Waals surface area contributed by atoms with E-state index in [9.17, 15) is 4.79 Å². The lowest BCUT2D eigenvalue weighted by Gasteiger charge is -2.06. The fourth-order valence-corrected chi connectivity index (χ4v) is 1.77. The highest BCUT2D eigenvalue weighted by Crippen LogP contribution is 2.19. The number of carbonyl (C=O) groups is 1. The second-order valence-electron chi connectivity index (χ2n) is 4.38. The molecule has 0 amide bonds. The van der Waals surface area contributed by atoms with Gasteiger partial charge in [-0.25, -0.2) is 0 Å². The molecule has 0 N–H and O–H groups in total. The Morgan fingerprint density at radius 2 is 2.00 bits per heavy atom. The summed E-state index contributed by atoms with van der Waals surface area (Å²) in [6.07, 6.45) is 1.79. The Hall–Kier alpha value is -1.70. The van der Waals surface area contributed by atoms with E-state index in [1.54, 1.807) is 6.20 Å². The molecule has 0 saturated carbocycles. The van der Waals surface area contributed by atoms with Crippen molar-refractivity contribution in [1.82, 2.24) is 4.98 Å². The van der Waals surface area contributed by atoms with Crippen LogP contribution >= 0.6 is 0 Å². The van der Waals surface area contributed by atoms with Crippen molar-refractivity contribution in [2.24, 2.45) is 5.92 Å². The van der Waals surface area contributed by atoms with Gasteiger partial charge in [-0.2, -0.15) is 0 Å². The fraction of sp³-hybridized carbons (Fsp3) is 0.286. The number of pyridine rings is 1. The Bertz CT molecular complexity index is 543. The standard InChI is InChI=1S/C14H15NO/c1-9(2)14(16)11-4-5-13-12(8-11)10(3)6-7-15-13/h4-9H,1-3H3. The highest BCUT2D eigenvalue weighted by Gasteiger charge is 2.11. The van der Waals surface area contributed by atoms with Crippen molar-refractivity contribution in [3.8, 4) is 0 Å². The molecule has 0 aliphatic carbocycles. The van der Waals surface area contributed by atoms with Gasteiger partial charge in [0.2, 0.25) is 0 Å². The summed E-state index contributed by atoms with van der Waals surface area (Å²) < 4.78 is 0. The zero-order valence-corrected chi connectivity index (χ0v) is 9.82. The number of Topliss-reactive ketones (excluding diaryl/α,β-unsaturated/α-hetero) is 1. The van der Waals surface area contributed by atoms with Crippen molar-refractivity contribution in [2.45, 2.75) is 20.8 Å². The van der Waals surface area contributed by atoms with Gasteiger partial charge in [-0.3, -0.25) is 9.78 Å². The second kappa shape index (κ2) is 4.05. The Kier molecular flexibility index (Phi) is 2.73. The summed E-state index contributed by atoms with van der Waals surface area (Å²) in [4.78, 5) is 16.2. The van der Waals surface area contributed by atoms with Gasteiger partial charge in [0.05, 0.1) is 5.52 Å². The molecule has 1 aromatic carbocycles. The average molecular weight is 213 g/mol. The van der Waals surface area contributed by atoms with E-state index in [-0.39, 0.29) is 11.7 Å². The quantitative estimate of drug-likeness (QED) is 0.716. The number of carbonyl (C=O) groups excluding carboxylic acids is 1. The summed E-state index contributed by atoms with van der Waals surface area (Å²) in [5.41, 5.74) is 2.88. The molecule has 0 spiro atoms. The van der Waals surface area contributed by atoms with Gasteiger partial charge >= 0.3 is 0 Å². The van der Waals surface area contributed by atoms with Crippen LogP contribution in [0.4, 0.5) is 0 Å². The fourth-order valence-electron chi connectivity index (χ4n) is 1.77. The van der Waals surface area contributed by atoms with E-state index in [0.717, 1.165) is 22.0 Å². The third-order valence-corrected chi connectivity index (χ3v) is 2.77.